The normalized spacial score (nSPS) is 13.7. The highest BCUT2D eigenvalue weighted by Crippen LogP contribution is 1.99. The van der Waals surface area contributed by atoms with E-state index in [1.807, 2.05) is 17.9 Å². The first kappa shape index (κ1) is 13.4. The Balaban J connectivity index is 3.50. The third-order valence-corrected chi connectivity index (χ3v) is 2.22. The highest BCUT2D eigenvalue weighted by atomic mass is 16.3. The van der Waals surface area contributed by atoms with Crippen molar-refractivity contribution in [2.75, 3.05) is 13.1 Å². The summed E-state index contributed by atoms with van der Waals surface area (Å²) in [4.78, 5) is 2.04. The summed E-state index contributed by atoms with van der Waals surface area (Å²) >= 11 is 0. The number of allylic oxidation sites excluding steroid dienone is 2. The van der Waals surface area contributed by atoms with Gasteiger partial charge in [0.15, 0.2) is 0 Å². The van der Waals surface area contributed by atoms with Crippen LogP contribution in [0.2, 0.25) is 0 Å². The van der Waals surface area contributed by atoms with Crippen molar-refractivity contribution in [1.29, 1.82) is 0 Å². The van der Waals surface area contributed by atoms with Crippen LogP contribution in [0, 0.1) is 0 Å². The van der Waals surface area contributed by atoms with E-state index in [1.165, 1.54) is 0 Å². The molecule has 14 heavy (non-hydrogen) atoms. The summed E-state index contributed by atoms with van der Waals surface area (Å²) in [5.41, 5.74) is 0. The average molecular weight is 197 g/mol. The van der Waals surface area contributed by atoms with Crippen LogP contribution in [0.25, 0.3) is 0 Å². The smallest absolute Gasteiger partial charge is 0.104 e. The third kappa shape index (κ3) is 6.87. The lowest BCUT2D eigenvalue weighted by Gasteiger charge is -2.22. The molecule has 0 amide bonds. The Kier molecular flexibility index (Phi) is 8.59. The van der Waals surface area contributed by atoms with Crippen LogP contribution in [0.5, 0.6) is 0 Å². The van der Waals surface area contributed by atoms with Crippen molar-refractivity contribution in [2.45, 2.75) is 39.3 Å². The van der Waals surface area contributed by atoms with E-state index < -0.39 is 0 Å². The molecule has 1 unspecified atom stereocenters. The van der Waals surface area contributed by atoms with Gasteiger partial charge in [-0.1, -0.05) is 25.2 Å². The van der Waals surface area contributed by atoms with Gasteiger partial charge in [-0.25, -0.2) is 0 Å². The van der Waals surface area contributed by atoms with Gasteiger partial charge in [0.1, 0.15) is 6.23 Å². The summed E-state index contributed by atoms with van der Waals surface area (Å²) in [5.74, 6) is 0. The number of nitrogens with zero attached hydrogens (tertiary/aromatic N) is 1. The van der Waals surface area contributed by atoms with Gasteiger partial charge in [0.2, 0.25) is 0 Å². The number of aliphatic hydroxyl groups excluding tert-OH is 1. The molecule has 0 radical (unpaired) electrons. The van der Waals surface area contributed by atoms with Crippen LogP contribution in [-0.4, -0.2) is 29.3 Å². The predicted molar refractivity (Wildman–Crippen MR) is 62.1 cm³/mol. The maximum atomic E-state index is 9.34. The summed E-state index contributed by atoms with van der Waals surface area (Å²) in [7, 11) is 0. The summed E-state index contributed by atoms with van der Waals surface area (Å²) in [6, 6.07) is 0. The zero-order valence-electron chi connectivity index (χ0n) is 9.45. The van der Waals surface area contributed by atoms with E-state index >= 15 is 0 Å². The van der Waals surface area contributed by atoms with Crippen LogP contribution < -0.4 is 0 Å². The molecule has 0 spiro atoms. The molecule has 0 bridgehead atoms. The second kappa shape index (κ2) is 8.97. The molecule has 0 heterocycles. The first-order chi connectivity index (χ1) is 6.72. The highest BCUT2D eigenvalue weighted by molar-refractivity contribution is 4.85. The Morgan fingerprint density at radius 2 is 1.93 bits per heavy atom. The maximum Gasteiger partial charge on any atom is 0.104 e. The lowest BCUT2D eigenvalue weighted by atomic mass is 10.2. The van der Waals surface area contributed by atoms with E-state index in [1.54, 1.807) is 0 Å². The molecular formula is C12H23NO. The van der Waals surface area contributed by atoms with Gasteiger partial charge >= 0.3 is 0 Å². The van der Waals surface area contributed by atoms with Crippen LogP contribution >= 0.6 is 0 Å². The Labute approximate surface area is 87.9 Å². The molecule has 2 heteroatoms. The van der Waals surface area contributed by atoms with Gasteiger partial charge in [-0.3, -0.25) is 4.90 Å². The summed E-state index contributed by atoms with van der Waals surface area (Å²) in [5, 5.41) is 9.34. The van der Waals surface area contributed by atoms with Crippen molar-refractivity contribution in [3.05, 3.63) is 24.8 Å². The lowest BCUT2D eigenvalue weighted by Crippen LogP contribution is -2.33. The van der Waals surface area contributed by atoms with E-state index in [0.29, 0.717) is 0 Å². The van der Waals surface area contributed by atoms with Gasteiger partial charge < -0.3 is 5.11 Å². The van der Waals surface area contributed by atoms with Gasteiger partial charge in [0, 0.05) is 6.54 Å². The SMILES string of the molecule is C=CCC/C=C/CCN(CC)C(C)O. The molecule has 0 aliphatic carbocycles. The van der Waals surface area contributed by atoms with Crippen molar-refractivity contribution >= 4 is 0 Å². The van der Waals surface area contributed by atoms with E-state index in [-0.39, 0.29) is 6.23 Å². The molecule has 0 saturated heterocycles. The Morgan fingerprint density at radius 3 is 2.43 bits per heavy atom. The predicted octanol–water partition coefficient (Wildman–Crippen LogP) is 2.56. The van der Waals surface area contributed by atoms with Crippen LogP contribution in [0.1, 0.15) is 33.1 Å². The third-order valence-electron chi connectivity index (χ3n) is 2.22. The van der Waals surface area contributed by atoms with Crippen LogP contribution in [0.15, 0.2) is 24.8 Å². The molecular weight excluding hydrogens is 174 g/mol. The molecule has 0 aliphatic rings. The highest BCUT2D eigenvalue weighted by Gasteiger charge is 2.05. The minimum atomic E-state index is -0.332. The average Bonchev–Trinajstić information content (AvgIpc) is 2.16. The molecule has 0 aromatic carbocycles. The largest absolute Gasteiger partial charge is 0.379 e. The molecule has 0 aliphatic heterocycles. The monoisotopic (exact) mass is 197 g/mol. The number of unbranched alkanes of at least 4 members (excludes halogenated alkanes) is 1. The van der Waals surface area contributed by atoms with Crippen molar-refractivity contribution in [2.24, 2.45) is 0 Å². The first-order valence-electron chi connectivity index (χ1n) is 5.40. The fraction of sp³-hybridized carbons (Fsp3) is 0.667. The minimum absolute atomic E-state index is 0.332. The summed E-state index contributed by atoms with van der Waals surface area (Å²) in [6.45, 7) is 9.37. The fourth-order valence-corrected chi connectivity index (χ4v) is 1.30. The van der Waals surface area contributed by atoms with Gasteiger partial charge in [0.05, 0.1) is 0 Å². The first-order valence-corrected chi connectivity index (χ1v) is 5.40. The number of hydrogen-bond donors (Lipinski definition) is 1. The van der Waals surface area contributed by atoms with Crippen molar-refractivity contribution < 1.29 is 5.11 Å². The Bertz CT molecular complexity index is 164. The molecule has 2 nitrogen and oxygen atoms in total. The van der Waals surface area contributed by atoms with Crippen molar-refractivity contribution in [1.82, 2.24) is 4.90 Å². The molecule has 1 atom stereocenters. The molecule has 0 fully saturated rings. The lowest BCUT2D eigenvalue weighted by molar-refractivity contribution is 0.0238. The molecule has 0 aromatic heterocycles. The number of rotatable bonds is 8. The molecule has 0 aromatic rings. The fourth-order valence-electron chi connectivity index (χ4n) is 1.30. The van der Waals surface area contributed by atoms with Crippen molar-refractivity contribution in [3.8, 4) is 0 Å². The van der Waals surface area contributed by atoms with Crippen LogP contribution in [0.4, 0.5) is 0 Å². The van der Waals surface area contributed by atoms with Crippen molar-refractivity contribution in [3.63, 3.8) is 0 Å². The van der Waals surface area contributed by atoms with Gasteiger partial charge in [-0.05, 0) is 32.7 Å². The molecule has 82 valence electrons. The van der Waals surface area contributed by atoms with Crippen LogP contribution in [0.3, 0.4) is 0 Å². The molecule has 1 N–H and O–H groups in total. The summed E-state index contributed by atoms with van der Waals surface area (Å²) < 4.78 is 0. The summed E-state index contributed by atoms with van der Waals surface area (Å²) in [6.07, 6.45) is 9.08. The minimum Gasteiger partial charge on any atom is -0.379 e. The second-order valence-corrected chi connectivity index (χ2v) is 3.39. The molecule has 0 saturated carbocycles. The van der Waals surface area contributed by atoms with E-state index in [2.05, 4.69) is 25.7 Å². The zero-order valence-corrected chi connectivity index (χ0v) is 9.45. The quantitative estimate of drug-likeness (QED) is 0.367. The van der Waals surface area contributed by atoms with E-state index in [9.17, 15) is 5.11 Å². The van der Waals surface area contributed by atoms with Crippen LogP contribution in [-0.2, 0) is 0 Å². The van der Waals surface area contributed by atoms with Gasteiger partial charge in [-0.2, -0.15) is 0 Å². The zero-order chi connectivity index (χ0) is 10.8. The van der Waals surface area contributed by atoms with E-state index in [4.69, 9.17) is 0 Å². The second-order valence-electron chi connectivity index (χ2n) is 3.39. The standard InChI is InChI=1S/C12H23NO/c1-4-6-7-8-9-10-11-13(5-2)12(3)14/h4,8-9,12,14H,1,5-7,10-11H2,2-3H3/b9-8+. The van der Waals surface area contributed by atoms with Gasteiger partial charge in [-0.15, -0.1) is 6.58 Å². The Hall–Kier alpha value is -0.600. The van der Waals surface area contributed by atoms with E-state index in [0.717, 1.165) is 32.4 Å². The van der Waals surface area contributed by atoms with Gasteiger partial charge in [0.25, 0.3) is 0 Å². The Morgan fingerprint density at radius 1 is 1.29 bits per heavy atom. The molecule has 0 rings (SSSR count). The number of aliphatic hydroxyl groups is 1. The topological polar surface area (TPSA) is 23.5 Å². The maximum absolute atomic E-state index is 9.34. The number of hydrogen-bond acceptors (Lipinski definition) is 2.